The Morgan fingerprint density at radius 1 is 0.241 bits per heavy atom. The second-order valence-corrected chi connectivity index (χ2v) is 16.5. The van der Waals surface area contributed by atoms with Crippen LogP contribution in [0.3, 0.4) is 0 Å². The highest BCUT2D eigenvalue weighted by atomic mass is 32.1. The molecule has 2 aromatic heterocycles. The molecule has 0 unspecified atom stereocenters. The van der Waals surface area contributed by atoms with Crippen LogP contribution in [0.15, 0.2) is 182 Å². The lowest BCUT2D eigenvalue weighted by atomic mass is 9.83. The second kappa shape index (κ2) is 11.6. The molecule has 0 aliphatic carbocycles. The van der Waals surface area contributed by atoms with Crippen LogP contribution in [-0.2, 0) is 0 Å². The van der Waals surface area contributed by atoms with E-state index in [1.807, 2.05) is 22.7 Å². The van der Waals surface area contributed by atoms with Gasteiger partial charge >= 0.3 is 0 Å². The average Bonchev–Trinajstić information content (AvgIpc) is 3.78. The fourth-order valence-corrected chi connectivity index (χ4v) is 11.3. The van der Waals surface area contributed by atoms with Crippen molar-refractivity contribution in [3.63, 3.8) is 0 Å². The first-order chi connectivity index (χ1) is 26.8. The number of thiophene rings is 2. The first-order valence-corrected chi connectivity index (χ1v) is 20.1. The smallest absolute Gasteiger partial charge is 0.0362 e. The molecule has 0 spiro atoms. The number of fused-ring (bicyclic) bond motifs is 10. The van der Waals surface area contributed by atoms with Crippen molar-refractivity contribution in [2.75, 3.05) is 0 Å². The van der Waals surface area contributed by atoms with Gasteiger partial charge in [-0.2, -0.15) is 0 Å². The van der Waals surface area contributed by atoms with E-state index < -0.39 is 0 Å². The summed E-state index contributed by atoms with van der Waals surface area (Å²) in [5, 5.41) is 15.6. The van der Waals surface area contributed by atoms with Crippen LogP contribution < -0.4 is 0 Å². The van der Waals surface area contributed by atoms with Gasteiger partial charge in [-0.15, -0.1) is 22.7 Å². The van der Waals surface area contributed by atoms with Crippen LogP contribution in [-0.4, -0.2) is 0 Å². The quantitative estimate of drug-likeness (QED) is 0.160. The minimum atomic E-state index is 1.25. The molecular weight excluding hydrogens is 689 g/mol. The molecule has 2 heterocycles. The summed E-state index contributed by atoms with van der Waals surface area (Å²) in [6.07, 6.45) is 0. The van der Waals surface area contributed by atoms with E-state index in [4.69, 9.17) is 0 Å². The van der Waals surface area contributed by atoms with Crippen molar-refractivity contribution in [2.24, 2.45) is 0 Å². The summed E-state index contributed by atoms with van der Waals surface area (Å²) in [6, 6.07) is 67.9. The van der Waals surface area contributed by atoms with Crippen LogP contribution in [0, 0.1) is 0 Å². The minimum absolute atomic E-state index is 1.25. The van der Waals surface area contributed by atoms with Crippen LogP contribution in [0.4, 0.5) is 0 Å². The van der Waals surface area contributed by atoms with Crippen LogP contribution in [0.25, 0.3) is 117 Å². The Labute approximate surface area is 319 Å². The normalized spacial score (nSPS) is 12.1. The molecule has 0 bridgehead atoms. The van der Waals surface area contributed by atoms with Crippen molar-refractivity contribution in [3.05, 3.63) is 182 Å². The molecule has 0 N–H and O–H groups in total. The molecule has 0 aliphatic rings. The maximum Gasteiger partial charge on any atom is 0.0362 e. The first-order valence-electron chi connectivity index (χ1n) is 18.5. The van der Waals surface area contributed by atoms with E-state index in [0.717, 1.165) is 0 Å². The number of rotatable bonds is 3. The standard InChI is InChI=1S/C52H30S2/c1-2-14-33-31(12-1)13-11-22-38(33)51-39-18-5-7-20-41(39)52(42-21-8-6-19-40(42)51)43-26-25-34(35-15-3-4-16-36(35)43)32-24-27-48-44(28-32)46-30-49-45(29-50(46)54-48)37-17-9-10-23-47(37)53-49/h1-30H. The topological polar surface area (TPSA) is 0 Å². The van der Waals surface area contributed by atoms with Gasteiger partial charge < -0.3 is 0 Å². The predicted molar refractivity (Wildman–Crippen MR) is 239 cm³/mol. The Bertz CT molecular complexity index is 3440. The Balaban J connectivity index is 1.09. The highest BCUT2D eigenvalue weighted by Gasteiger charge is 2.20. The van der Waals surface area contributed by atoms with E-state index in [-0.39, 0.29) is 0 Å². The highest BCUT2D eigenvalue weighted by Crippen LogP contribution is 2.48. The predicted octanol–water partition coefficient (Wildman–Crippen LogP) is 16.0. The molecule has 0 atom stereocenters. The summed E-state index contributed by atoms with van der Waals surface area (Å²) in [6.45, 7) is 0. The molecule has 0 amide bonds. The molecule has 12 rings (SSSR count). The van der Waals surface area contributed by atoms with E-state index in [1.165, 1.54) is 117 Å². The van der Waals surface area contributed by atoms with E-state index in [9.17, 15) is 0 Å². The van der Waals surface area contributed by atoms with Crippen LogP contribution in [0.5, 0.6) is 0 Å². The van der Waals surface area contributed by atoms with Crippen molar-refractivity contribution in [1.29, 1.82) is 0 Å². The molecule has 0 fully saturated rings. The van der Waals surface area contributed by atoms with Crippen molar-refractivity contribution in [3.8, 4) is 33.4 Å². The van der Waals surface area contributed by atoms with Gasteiger partial charge in [-0.1, -0.05) is 152 Å². The maximum absolute atomic E-state index is 2.43. The van der Waals surface area contributed by atoms with Gasteiger partial charge in [0.15, 0.2) is 0 Å². The van der Waals surface area contributed by atoms with Gasteiger partial charge in [0.05, 0.1) is 0 Å². The number of benzene rings is 10. The van der Waals surface area contributed by atoms with Gasteiger partial charge in [0.2, 0.25) is 0 Å². The van der Waals surface area contributed by atoms with Gasteiger partial charge in [-0.05, 0) is 107 Å². The molecule has 0 saturated heterocycles. The number of hydrogen-bond acceptors (Lipinski definition) is 2. The zero-order valence-corrected chi connectivity index (χ0v) is 30.8. The lowest BCUT2D eigenvalue weighted by Crippen LogP contribution is -1.93. The SMILES string of the molecule is c1ccc2c(-c3c4ccccc4c(-c4ccc(-c5ccc6sc7cc8c(cc7c6c5)sc5ccccc58)c5ccccc45)c4ccccc34)cccc2c1. The third-order valence-electron chi connectivity index (χ3n) is 11.5. The fraction of sp³-hybridized carbons (Fsp3) is 0. The van der Waals surface area contributed by atoms with Gasteiger partial charge in [-0.25, -0.2) is 0 Å². The fourth-order valence-electron chi connectivity index (χ4n) is 9.08. The van der Waals surface area contributed by atoms with Gasteiger partial charge in [0, 0.05) is 40.3 Å². The zero-order valence-electron chi connectivity index (χ0n) is 29.1. The average molecular weight is 719 g/mol. The maximum atomic E-state index is 2.43. The first kappa shape index (κ1) is 30.2. The van der Waals surface area contributed by atoms with E-state index >= 15 is 0 Å². The van der Waals surface area contributed by atoms with Crippen molar-refractivity contribution in [1.82, 2.24) is 0 Å². The molecule has 2 heteroatoms. The van der Waals surface area contributed by atoms with Gasteiger partial charge in [0.1, 0.15) is 0 Å². The monoisotopic (exact) mass is 718 g/mol. The van der Waals surface area contributed by atoms with Crippen molar-refractivity contribution in [2.45, 2.75) is 0 Å². The molecule has 0 saturated carbocycles. The Morgan fingerprint density at radius 3 is 1.35 bits per heavy atom. The molecule has 250 valence electrons. The summed E-state index contributed by atoms with van der Waals surface area (Å²) in [5.41, 5.74) is 7.64. The molecule has 0 radical (unpaired) electrons. The summed E-state index contributed by atoms with van der Waals surface area (Å²) in [7, 11) is 0. The summed E-state index contributed by atoms with van der Waals surface area (Å²) < 4.78 is 5.39. The third-order valence-corrected chi connectivity index (χ3v) is 13.7. The van der Waals surface area contributed by atoms with Crippen LogP contribution in [0.2, 0.25) is 0 Å². The Morgan fingerprint density at radius 2 is 0.685 bits per heavy atom. The summed E-state index contributed by atoms with van der Waals surface area (Å²) >= 11 is 3.80. The molecular formula is C52H30S2. The molecule has 10 aromatic carbocycles. The van der Waals surface area contributed by atoms with Crippen molar-refractivity contribution < 1.29 is 0 Å². The number of hydrogen-bond donors (Lipinski definition) is 0. The minimum Gasteiger partial charge on any atom is -0.135 e. The molecule has 0 aliphatic heterocycles. The second-order valence-electron chi connectivity index (χ2n) is 14.3. The van der Waals surface area contributed by atoms with E-state index in [0.29, 0.717) is 0 Å². The molecule has 54 heavy (non-hydrogen) atoms. The van der Waals surface area contributed by atoms with Crippen LogP contribution in [0.1, 0.15) is 0 Å². The summed E-state index contributed by atoms with van der Waals surface area (Å²) in [4.78, 5) is 0. The Kier molecular flexibility index (Phi) is 6.48. The lowest BCUT2D eigenvalue weighted by molar-refractivity contribution is 1.67. The van der Waals surface area contributed by atoms with Gasteiger partial charge in [0.25, 0.3) is 0 Å². The third kappa shape index (κ3) is 4.36. The molecule has 12 aromatic rings. The van der Waals surface area contributed by atoms with E-state index in [1.54, 1.807) is 0 Å². The largest absolute Gasteiger partial charge is 0.135 e. The lowest BCUT2D eigenvalue weighted by Gasteiger charge is -2.20. The Hall–Kier alpha value is -6.32. The summed E-state index contributed by atoms with van der Waals surface area (Å²) in [5.74, 6) is 0. The highest BCUT2D eigenvalue weighted by molar-refractivity contribution is 7.27. The zero-order chi connectivity index (χ0) is 35.3. The molecule has 0 nitrogen and oxygen atoms in total. The van der Waals surface area contributed by atoms with Crippen LogP contribution >= 0.6 is 22.7 Å². The van der Waals surface area contributed by atoms with E-state index in [2.05, 4.69) is 182 Å². The van der Waals surface area contributed by atoms with Gasteiger partial charge in [-0.3, -0.25) is 0 Å². The van der Waals surface area contributed by atoms with Crippen molar-refractivity contribution >= 4 is 106 Å².